The van der Waals surface area contributed by atoms with Crippen LogP contribution in [0.2, 0.25) is 0 Å². The Morgan fingerprint density at radius 1 is 1.60 bits per heavy atom. The summed E-state index contributed by atoms with van der Waals surface area (Å²) in [4.78, 5) is 22.8. The molecule has 84 valence electrons. The molecule has 0 saturated heterocycles. The lowest BCUT2D eigenvalue weighted by Gasteiger charge is -2.41. The summed E-state index contributed by atoms with van der Waals surface area (Å²) in [7, 11) is 0. The molecule has 15 heavy (non-hydrogen) atoms. The van der Waals surface area contributed by atoms with E-state index in [-0.39, 0.29) is 17.6 Å². The van der Waals surface area contributed by atoms with E-state index in [0.717, 1.165) is 0 Å². The summed E-state index contributed by atoms with van der Waals surface area (Å²) in [6.07, 6.45) is 1.83. The van der Waals surface area contributed by atoms with Crippen molar-refractivity contribution in [1.29, 1.82) is 0 Å². The van der Waals surface area contributed by atoms with Crippen LogP contribution in [0.5, 0.6) is 0 Å². The van der Waals surface area contributed by atoms with E-state index in [1.165, 1.54) is 6.08 Å². The van der Waals surface area contributed by atoms with Gasteiger partial charge in [-0.05, 0) is 24.8 Å². The van der Waals surface area contributed by atoms with Gasteiger partial charge in [0, 0.05) is 6.42 Å². The van der Waals surface area contributed by atoms with Crippen molar-refractivity contribution in [2.75, 3.05) is 0 Å². The maximum Gasteiger partial charge on any atom is 0.314 e. The summed E-state index contributed by atoms with van der Waals surface area (Å²) in [6, 6.07) is 0. The Kier molecular flexibility index (Phi) is 3.03. The highest BCUT2D eigenvalue weighted by Gasteiger charge is 2.50. The van der Waals surface area contributed by atoms with Gasteiger partial charge < -0.3 is 5.11 Å². The number of carbonyl (C=O) groups excluding carboxylic acids is 1. The molecule has 0 aliphatic heterocycles. The highest BCUT2D eigenvalue weighted by atomic mass is 16.4. The summed E-state index contributed by atoms with van der Waals surface area (Å²) in [5.74, 6) is -0.911. The topological polar surface area (TPSA) is 54.4 Å². The third-order valence-corrected chi connectivity index (χ3v) is 3.58. The van der Waals surface area contributed by atoms with Gasteiger partial charge in [0.15, 0.2) is 5.78 Å². The standard InChI is InChI=1S/C12H18O3/c1-7(2)12(11(14)15)8(3)5-10(13)6-9(12)4/h5,7,9H,6H2,1-4H3,(H,14,15). The molecule has 0 aromatic rings. The van der Waals surface area contributed by atoms with Crippen molar-refractivity contribution in [2.45, 2.75) is 34.1 Å². The molecule has 0 radical (unpaired) electrons. The number of hydrogen-bond donors (Lipinski definition) is 1. The van der Waals surface area contributed by atoms with Crippen molar-refractivity contribution < 1.29 is 14.7 Å². The van der Waals surface area contributed by atoms with Gasteiger partial charge in [0.2, 0.25) is 0 Å². The number of rotatable bonds is 2. The zero-order chi connectivity index (χ0) is 11.8. The first kappa shape index (κ1) is 12.0. The van der Waals surface area contributed by atoms with Crippen molar-refractivity contribution >= 4 is 11.8 Å². The lowest BCUT2D eigenvalue weighted by Crippen LogP contribution is -2.46. The number of allylic oxidation sites excluding steroid dienone is 1. The number of carboxylic acids is 1. The molecule has 0 saturated carbocycles. The molecule has 3 nitrogen and oxygen atoms in total. The molecule has 0 aromatic heterocycles. The zero-order valence-electron chi connectivity index (χ0n) is 9.70. The zero-order valence-corrected chi connectivity index (χ0v) is 9.70. The fraction of sp³-hybridized carbons (Fsp3) is 0.667. The monoisotopic (exact) mass is 210 g/mol. The van der Waals surface area contributed by atoms with E-state index in [4.69, 9.17) is 0 Å². The van der Waals surface area contributed by atoms with Crippen LogP contribution in [0, 0.1) is 17.3 Å². The summed E-state index contributed by atoms with van der Waals surface area (Å²) in [5.41, 5.74) is -0.178. The summed E-state index contributed by atoms with van der Waals surface area (Å²) < 4.78 is 0. The number of carbonyl (C=O) groups is 2. The first-order chi connectivity index (χ1) is 6.83. The van der Waals surface area contributed by atoms with E-state index in [0.29, 0.717) is 12.0 Å². The van der Waals surface area contributed by atoms with Crippen LogP contribution in [-0.4, -0.2) is 16.9 Å². The van der Waals surface area contributed by atoms with Gasteiger partial charge in [0.25, 0.3) is 0 Å². The number of aliphatic carboxylic acids is 1. The van der Waals surface area contributed by atoms with E-state index in [1.54, 1.807) is 6.92 Å². The molecule has 3 heteroatoms. The van der Waals surface area contributed by atoms with Gasteiger partial charge in [-0.25, -0.2) is 0 Å². The highest BCUT2D eigenvalue weighted by molar-refractivity contribution is 5.95. The Labute approximate surface area is 90.2 Å². The number of hydrogen-bond acceptors (Lipinski definition) is 2. The second kappa shape index (κ2) is 3.80. The molecule has 0 amide bonds. The van der Waals surface area contributed by atoms with Gasteiger partial charge in [-0.3, -0.25) is 9.59 Å². The van der Waals surface area contributed by atoms with E-state index in [2.05, 4.69) is 0 Å². The molecule has 0 fully saturated rings. The Morgan fingerprint density at radius 3 is 2.47 bits per heavy atom. The maximum atomic E-state index is 11.5. The van der Waals surface area contributed by atoms with Crippen molar-refractivity contribution in [2.24, 2.45) is 17.3 Å². The molecule has 2 unspecified atom stereocenters. The highest BCUT2D eigenvalue weighted by Crippen LogP contribution is 2.47. The maximum absolute atomic E-state index is 11.5. The molecule has 1 aliphatic carbocycles. The van der Waals surface area contributed by atoms with Gasteiger partial charge >= 0.3 is 5.97 Å². The molecule has 1 rings (SSSR count). The van der Waals surface area contributed by atoms with Gasteiger partial charge in [-0.2, -0.15) is 0 Å². The van der Waals surface area contributed by atoms with Crippen LogP contribution in [0.15, 0.2) is 11.6 Å². The predicted molar refractivity (Wildman–Crippen MR) is 57.5 cm³/mol. The van der Waals surface area contributed by atoms with Crippen molar-refractivity contribution in [3.05, 3.63) is 11.6 Å². The van der Waals surface area contributed by atoms with Crippen LogP contribution < -0.4 is 0 Å². The second-order valence-corrected chi connectivity index (χ2v) is 4.73. The minimum absolute atomic E-state index is 0.00523. The van der Waals surface area contributed by atoms with Gasteiger partial charge in [-0.15, -0.1) is 0 Å². The average molecular weight is 210 g/mol. The first-order valence-corrected chi connectivity index (χ1v) is 5.28. The lowest BCUT2D eigenvalue weighted by atomic mass is 9.60. The van der Waals surface area contributed by atoms with Crippen molar-refractivity contribution in [3.63, 3.8) is 0 Å². The Morgan fingerprint density at radius 2 is 2.13 bits per heavy atom. The van der Waals surface area contributed by atoms with E-state index in [1.807, 2.05) is 20.8 Å². The first-order valence-electron chi connectivity index (χ1n) is 5.28. The van der Waals surface area contributed by atoms with E-state index < -0.39 is 11.4 Å². The SMILES string of the molecule is CC1=CC(=O)CC(C)C1(C(=O)O)C(C)C. The van der Waals surface area contributed by atoms with Crippen LogP contribution in [-0.2, 0) is 9.59 Å². The quantitative estimate of drug-likeness (QED) is 0.760. The van der Waals surface area contributed by atoms with E-state index >= 15 is 0 Å². The van der Waals surface area contributed by atoms with Gasteiger partial charge in [-0.1, -0.05) is 26.3 Å². The van der Waals surface area contributed by atoms with Crippen LogP contribution >= 0.6 is 0 Å². The Balaban J connectivity index is 3.33. The molecular formula is C12H18O3. The largest absolute Gasteiger partial charge is 0.481 e. The normalized spacial score (nSPS) is 31.7. The molecule has 2 atom stereocenters. The van der Waals surface area contributed by atoms with Gasteiger partial charge in [0.05, 0.1) is 5.41 Å². The minimum Gasteiger partial charge on any atom is -0.481 e. The van der Waals surface area contributed by atoms with E-state index in [9.17, 15) is 14.7 Å². The average Bonchev–Trinajstić information content (AvgIpc) is 2.00. The third-order valence-electron chi connectivity index (χ3n) is 3.58. The van der Waals surface area contributed by atoms with Crippen LogP contribution in [0.25, 0.3) is 0 Å². The fourth-order valence-electron chi connectivity index (χ4n) is 2.92. The summed E-state index contributed by atoms with van der Waals surface area (Å²) in [5, 5.41) is 9.43. The molecule has 0 spiro atoms. The Bertz CT molecular complexity index is 328. The molecule has 1 N–H and O–H groups in total. The van der Waals surface area contributed by atoms with Gasteiger partial charge in [0.1, 0.15) is 0 Å². The second-order valence-electron chi connectivity index (χ2n) is 4.73. The van der Waals surface area contributed by atoms with Crippen molar-refractivity contribution in [1.82, 2.24) is 0 Å². The number of ketones is 1. The molecule has 0 bridgehead atoms. The van der Waals surface area contributed by atoms with Crippen molar-refractivity contribution in [3.8, 4) is 0 Å². The van der Waals surface area contributed by atoms with Crippen LogP contribution in [0.3, 0.4) is 0 Å². The summed E-state index contributed by atoms with van der Waals surface area (Å²) in [6.45, 7) is 7.40. The number of carboxylic acid groups (broad SMARTS) is 1. The predicted octanol–water partition coefficient (Wildman–Crippen LogP) is 2.27. The smallest absolute Gasteiger partial charge is 0.314 e. The third kappa shape index (κ3) is 1.60. The summed E-state index contributed by atoms with van der Waals surface area (Å²) >= 11 is 0. The minimum atomic E-state index is -0.867. The Hall–Kier alpha value is -1.12. The molecule has 0 heterocycles. The molecule has 1 aliphatic rings. The van der Waals surface area contributed by atoms with Crippen LogP contribution in [0.1, 0.15) is 34.1 Å². The lowest BCUT2D eigenvalue weighted by molar-refractivity contribution is -0.153. The molecular weight excluding hydrogens is 192 g/mol. The fourth-order valence-corrected chi connectivity index (χ4v) is 2.92. The van der Waals surface area contributed by atoms with Crippen LogP contribution in [0.4, 0.5) is 0 Å². The molecule has 0 aromatic carbocycles.